The highest BCUT2D eigenvalue weighted by Crippen LogP contribution is 2.39. The number of aryl methyl sites for hydroxylation is 1. The SMILES string of the molecule is Cn1cc2c(Cl)c(-c3cn(COCC[Si](C)(C)C)c4nc(N5CCC6C(C5)CN6C(=O)OC(C)(C)C)n(C)c(=O)c34)ccc2n1. The van der Waals surface area contributed by atoms with Crippen molar-refractivity contribution in [3.8, 4) is 11.1 Å². The zero-order chi connectivity index (χ0) is 32.4. The van der Waals surface area contributed by atoms with E-state index in [1.54, 1.807) is 16.3 Å². The molecule has 6 rings (SSSR count). The molecule has 0 saturated carbocycles. The van der Waals surface area contributed by atoms with Gasteiger partial charge in [-0.15, -0.1) is 0 Å². The van der Waals surface area contributed by atoms with Crippen molar-refractivity contribution in [3.05, 3.63) is 39.9 Å². The first kappa shape index (κ1) is 31.6. The number of piperidine rings is 1. The van der Waals surface area contributed by atoms with E-state index in [-0.39, 0.29) is 30.3 Å². The average Bonchev–Trinajstić information content (AvgIpc) is 3.48. The van der Waals surface area contributed by atoms with Crippen LogP contribution in [-0.2, 0) is 30.3 Å². The first-order valence-corrected chi connectivity index (χ1v) is 19.7. The van der Waals surface area contributed by atoms with E-state index < -0.39 is 13.7 Å². The fraction of sp³-hybridized carbons (Fsp3) is 0.562. The maximum Gasteiger partial charge on any atom is 0.410 e. The topological polar surface area (TPSA) is 99.6 Å². The first-order chi connectivity index (χ1) is 21.1. The molecule has 2 unspecified atom stereocenters. The predicted molar refractivity (Wildman–Crippen MR) is 181 cm³/mol. The molecule has 0 radical (unpaired) electrons. The Hall–Kier alpha value is -3.35. The van der Waals surface area contributed by atoms with E-state index in [0.29, 0.717) is 48.2 Å². The van der Waals surface area contributed by atoms with Crippen molar-refractivity contribution in [1.29, 1.82) is 0 Å². The minimum absolute atomic E-state index is 0.136. The highest BCUT2D eigenvalue weighted by molar-refractivity contribution is 6.76. The third-order valence-electron chi connectivity index (χ3n) is 8.77. The Morgan fingerprint density at radius 3 is 2.56 bits per heavy atom. The van der Waals surface area contributed by atoms with Crippen molar-refractivity contribution in [2.75, 3.05) is 31.1 Å². The van der Waals surface area contributed by atoms with E-state index in [0.717, 1.165) is 34.5 Å². The van der Waals surface area contributed by atoms with E-state index >= 15 is 0 Å². The molecule has 4 aromatic rings. The van der Waals surface area contributed by atoms with Gasteiger partial charge >= 0.3 is 6.09 Å². The molecule has 0 aliphatic carbocycles. The van der Waals surface area contributed by atoms with Gasteiger partial charge < -0.3 is 23.8 Å². The largest absolute Gasteiger partial charge is 0.444 e. The number of halogens is 1. The van der Waals surface area contributed by atoms with Crippen molar-refractivity contribution in [3.63, 3.8) is 0 Å². The number of benzene rings is 1. The number of rotatable bonds is 7. The number of nitrogens with zero attached hydrogens (tertiary/aromatic N) is 7. The van der Waals surface area contributed by atoms with Crippen LogP contribution in [0.2, 0.25) is 30.7 Å². The number of ether oxygens (including phenoxy) is 2. The lowest BCUT2D eigenvalue weighted by molar-refractivity contribution is -0.0353. The minimum Gasteiger partial charge on any atom is -0.444 e. The van der Waals surface area contributed by atoms with E-state index in [1.165, 1.54) is 0 Å². The molecule has 242 valence electrons. The van der Waals surface area contributed by atoms with Gasteiger partial charge in [0.2, 0.25) is 5.95 Å². The molecule has 0 bridgehead atoms. The van der Waals surface area contributed by atoms with Crippen LogP contribution in [0.3, 0.4) is 0 Å². The van der Waals surface area contributed by atoms with Crippen molar-refractivity contribution in [2.45, 2.75) is 71.3 Å². The maximum absolute atomic E-state index is 14.2. The van der Waals surface area contributed by atoms with Gasteiger partial charge in [0.25, 0.3) is 5.56 Å². The Kier molecular flexibility index (Phi) is 8.06. The summed E-state index contributed by atoms with van der Waals surface area (Å²) in [6, 6.07) is 5.03. The van der Waals surface area contributed by atoms with Crippen LogP contribution in [0.15, 0.2) is 29.3 Å². The lowest BCUT2D eigenvalue weighted by Gasteiger charge is -2.53. The van der Waals surface area contributed by atoms with Crippen LogP contribution in [0.1, 0.15) is 27.2 Å². The third kappa shape index (κ3) is 6.11. The normalized spacial score (nSPS) is 18.9. The van der Waals surface area contributed by atoms with E-state index in [2.05, 4.69) is 29.6 Å². The molecule has 45 heavy (non-hydrogen) atoms. The molecule has 13 heteroatoms. The molecule has 11 nitrogen and oxygen atoms in total. The van der Waals surface area contributed by atoms with Crippen molar-refractivity contribution in [1.82, 2.24) is 28.8 Å². The summed E-state index contributed by atoms with van der Waals surface area (Å²) in [4.78, 5) is 36.0. The maximum atomic E-state index is 14.2. The third-order valence-corrected chi connectivity index (χ3v) is 10.9. The zero-order valence-electron chi connectivity index (χ0n) is 27.6. The van der Waals surface area contributed by atoms with Crippen LogP contribution < -0.4 is 10.5 Å². The van der Waals surface area contributed by atoms with E-state index in [1.807, 2.05) is 61.8 Å². The first-order valence-electron chi connectivity index (χ1n) is 15.7. The zero-order valence-corrected chi connectivity index (χ0v) is 29.3. The molecule has 2 fully saturated rings. The number of hydrogen-bond donors (Lipinski definition) is 0. The lowest BCUT2D eigenvalue weighted by Crippen LogP contribution is -2.65. The van der Waals surface area contributed by atoms with Gasteiger partial charge in [0.1, 0.15) is 12.3 Å². The Balaban J connectivity index is 1.35. The molecule has 3 aromatic heterocycles. The molecule has 5 heterocycles. The molecule has 2 saturated heterocycles. The summed E-state index contributed by atoms with van der Waals surface area (Å²) in [7, 11) is 2.37. The molecule has 1 amide bonds. The van der Waals surface area contributed by atoms with Gasteiger partial charge in [0.05, 0.1) is 15.9 Å². The predicted octanol–water partition coefficient (Wildman–Crippen LogP) is 5.70. The Labute approximate surface area is 269 Å². The number of anilines is 1. The van der Waals surface area contributed by atoms with Gasteiger partial charge in [-0.05, 0) is 39.3 Å². The average molecular weight is 654 g/mol. The highest BCUT2D eigenvalue weighted by Gasteiger charge is 2.47. The Morgan fingerprint density at radius 2 is 1.87 bits per heavy atom. The highest BCUT2D eigenvalue weighted by atomic mass is 35.5. The van der Waals surface area contributed by atoms with Crippen molar-refractivity contribution in [2.24, 2.45) is 20.0 Å². The van der Waals surface area contributed by atoms with E-state index in [4.69, 9.17) is 26.1 Å². The second-order valence-electron chi connectivity index (χ2n) is 14.7. The molecule has 1 aromatic carbocycles. The number of fused-ring (bicyclic) bond motifs is 3. The van der Waals surface area contributed by atoms with Crippen LogP contribution in [-0.4, -0.2) is 80.8 Å². The van der Waals surface area contributed by atoms with Crippen LogP contribution in [0, 0.1) is 5.92 Å². The fourth-order valence-corrected chi connectivity index (χ4v) is 7.46. The van der Waals surface area contributed by atoms with Gasteiger partial charge in [-0.2, -0.15) is 10.1 Å². The molecular formula is C32H44ClN7O4Si. The molecule has 0 N–H and O–H groups in total. The Morgan fingerprint density at radius 1 is 1.11 bits per heavy atom. The summed E-state index contributed by atoms with van der Waals surface area (Å²) in [6.07, 6.45) is 4.36. The van der Waals surface area contributed by atoms with Crippen LogP contribution in [0.4, 0.5) is 10.7 Å². The quantitative estimate of drug-likeness (QED) is 0.186. The molecule has 2 atom stereocenters. The van der Waals surface area contributed by atoms with Gasteiger partial charge in [-0.3, -0.25) is 14.0 Å². The second-order valence-corrected chi connectivity index (χ2v) is 20.7. The summed E-state index contributed by atoms with van der Waals surface area (Å²) < 4.78 is 17.1. The monoisotopic (exact) mass is 653 g/mol. The molecule has 2 aliphatic rings. The van der Waals surface area contributed by atoms with Crippen LogP contribution in [0.25, 0.3) is 33.1 Å². The van der Waals surface area contributed by atoms with Gasteiger partial charge in [0, 0.05) is 89.3 Å². The number of amides is 1. The lowest BCUT2D eigenvalue weighted by atomic mass is 9.83. The second kappa shape index (κ2) is 11.5. The Bertz CT molecular complexity index is 1830. The molecule has 2 aliphatic heterocycles. The number of hydrogen-bond acceptors (Lipinski definition) is 7. The number of carbonyl (C=O) groups excluding carboxylic acids is 1. The van der Waals surface area contributed by atoms with Crippen molar-refractivity contribution < 1.29 is 14.3 Å². The van der Waals surface area contributed by atoms with E-state index in [9.17, 15) is 9.59 Å². The number of likely N-dealkylation sites (tertiary alicyclic amines) is 1. The summed E-state index contributed by atoms with van der Waals surface area (Å²) >= 11 is 6.96. The minimum atomic E-state index is -1.27. The molecule has 0 spiro atoms. The fourth-order valence-electron chi connectivity index (χ4n) is 6.39. The van der Waals surface area contributed by atoms with Crippen LogP contribution >= 0.6 is 11.6 Å². The van der Waals surface area contributed by atoms with Crippen LogP contribution in [0.5, 0.6) is 0 Å². The summed E-state index contributed by atoms with van der Waals surface area (Å²) in [5, 5.41) is 6.37. The summed E-state index contributed by atoms with van der Waals surface area (Å²) in [5.74, 6) is 0.902. The number of carbonyl (C=O) groups is 1. The molecular weight excluding hydrogens is 610 g/mol. The smallest absolute Gasteiger partial charge is 0.410 e. The van der Waals surface area contributed by atoms with Gasteiger partial charge in [-0.25, -0.2) is 4.79 Å². The van der Waals surface area contributed by atoms with Gasteiger partial charge in [0.15, 0.2) is 5.65 Å². The van der Waals surface area contributed by atoms with Gasteiger partial charge in [-0.1, -0.05) is 37.3 Å². The van der Waals surface area contributed by atoms with Crippen molar-refractivity contribution >= 4 is 53.7 Å². The standard InChI is InChI=1S/C32H44ClN7O4Si/c1-32(2,3)44-31(42)40-16-20-15-38(12-11-25(20)40)30-34-28-26(29(41)37(30)5)22(18-39(28)19-43-13-14-45(6,7)8)21-9-10-24-23(27(21)33)17-36(4)35-24/h9-10,17-18,20,25H,11-16,19H2,1-8H3. The number of aromatic nitrogens is 5. The summed E-state index contributed by atoms with van der Waals surface area (Å²) in [5.41, 5.74) is 2.18. The summed E-state index contributed by atoms with van der Waals surface area (Å²) in [6.45, 7) is 15.6.